The van der Waals surface area contributed by atoms with Crippen LogP contribution in [0, 0.1) is 5.82 Å². The van der Waals surface area contributed by atoms with Gasteiger partial charge in [-0.05, 0) is 58.9 Å². The predicted molar refractivity (Wildman–Crippen MR) is 140 cm³/mol. The third-order valence-electron chi connectivity index (χ3n) is 5.58. The second-order valence-electron chi connectivity index (χ2n) is 7.88. The molecule has 0 aliphatic carbocycles. The van der Waals surface area contributed by atoms with E-state index in [1.165, 1.54) is 22.4 Å². The summed E-state index contributed by atoms with van der Waals surface area (Å²) in [5.74, 6) is -1.39. The van der Waals surface area contributed by atoms with Gasteiger partial charge in [0.2, 0.25) is 5.91 Å². The van der Waals surface area contributed by atoms with Crippen molar-refractivity contribution >= 4 is 52.2 Å². The van der Waals surface area contributed by atoms with E-state index in [0.717, 1.165) is 23.5 Å². The molecule has 1 atom stereocenters. The molecular weight excluding hydrogens is 522 g/mol. The van der Waals surface area contributed by atoms with Crippen LogP contribution in [0.5, 0.6) is 0 Å². The van der Waals surface area contributed by atoms with Gasteiger partial charge in [0.15, 0.2) is 5.69 Å². The molecule has 0 saturated heterocycles. The van der Waals surface area contributed by atoms with Gasteiger partial charge in [-0.1, -0.05) is 77.1 Å². The molecule has 36 heavy (non-hydrogen) atoms. The number of hydrogen-bond donors (Lipinski definition) is 1. The fourth-order valence-electron chi connectivity index (χ4n) is 3.67. The SMILES string of the molecule is CCc1ccc([C@H](C(=O)NCc2ccc(F)cc2)N(C(=O)c2csnn2)c2cccc(Cl)c2Cl)cc1. The van der Waals surface area contributed by atoms with Crippen LogP contribution in [-0.2, 0) is 17.8 Å². The lowest BCUT2D eigenvalue weighted by Gasteiger charge is -2.32. The predicted octanol–water partition coefficient (Wildman–Crippen LogP) is 6.25. The molecule has 3 aromatic carbocycles. The Labute approximate surface area is 221 Å². The Bertz CT molecular complexity index is 1350. The van der Waals surface area contributed by atoms with Gasteiger partial charge in [0.1, 0.15) is 11.9 Å². The van der Waals surface area contributed by atoms with Gasteiger partial charge < -0.3 is 5.32 Å². The Hall–Kier alpha value is -3.33. The zero-order valence-corrected chi connectivity index (χ0v) is 21.4. The fourth-order valence-corrected chi connectivity index (χ4v) is 4.48. The van der Waals surface area contributed by atoms with E-state index in [1.54, 1.807) is 42.5 Å². The summed E-state index contributed by atoms with van der Waals surface area (Å²) in [5.41, 5.74) is 2.66. The summed E-state index contributed by atoms with van der Waals surface area (Å²) in [4.78, 5) is 28.7. The van der Waals surface area contributed by atoms with Gasteiger partial charge in [-0.3, -0.25) is 14.5 Å². The van der Waals surface area contributed by atoms with Crippen molar-refractivity contribution in [2.24, 2.45) is 0 Å². The molecule has 1 N–H and O–H groups in total. The van der Waals surface area contributed by atoms with E-state index in [9.17, 15) is 14.0 Å². The highest BCUT2D eigenvalue weighted by Crippen LogP contribution is 2.38. The Balaban J connectivity index is 1.80. The van der Waals surface area contributed by atoms with Crippen LogP contribution in [0.4, 0.5) is 10.1 Å². The number of hydrogen-bond acceptors (Lipinski definition) is 5. The molecule has 4 aromatic rings. The lowest BCUT2D eigenvalue weighted by Crippen LogP contribution is -2.44. The average molecular weight is 543 g/mol. The van der Waals surface area contributed by atoms with Gasteiger partial charge in [0, 0.05) is 11.9 Å². The smallest absolute Gasteiger partial charge is 0.280 e. The molecule has 0 aliphatic rings. The maximum absolute atomic E-state index is 13.7. The number of amides is 2. The number of benzene rings is 3. The van der Waals surface area contributed by atoms with E-state index >= 15 is 0 Å². The van der Waals surface area contributed by atoms with E-state index in [4.69, 9.17) is 23.2 Å². The molecule has 0 aliphatic heterocycles. The summed E-state index contributed by atoms with van der Waals surface area (Å²) in [5, 5.41) is 8.63. The van der Waals surface area contributed by atoms with Crippen molar-refractivity contribution in [3.63, 3.8) is 0 Å². The van der Waals surface area contributed by atoms with Crippen LogP contribution in [-0.4, -0.2) is 21.4 Å². The average Bonchev–Trinajstić information content (AvgIpc) is 3.44. The maximum Gasteiger partial charge on any atom is 0.280 e. The molecule has 0 saturated carbocycles. The lowest BCUT2D eigenvalue weighted by molar-refractivity contribution is -0.122. The Morgan fingerprint density at radius 2 is 1.72 bits per heavy atom. The topological polar surface area (TPSA) is 75.2 Å². The van der Waals surface area contributed by atoms with E-state index in [1.807, 2.05) is 19.1 Å². The number of nitrogens with one attached hydrogen (secondary N) is 1. The molecule has 1 aromatic heterocycles. The van der Waals surface area contributed by atoms with E-state index < -0.39 is 17.9 Å². The summed E-state index contributed by atoms with van der Waals surface area (Å²) in [6.07, 6.45) is 0.814. The fraction of sp³-hybridized carbons (Fsp3) is 0.154. The molecule has 1 heterocycles. The van der Waals surface area contributed by atoms with Crippen molar-refractivity contribution in [2.75, 3.05) is 4.90 Å². The van der Waals surface area contributed by atoms with Gasteiger partial charge in [-0.25, -0.2) is 4.39 Å². The van der Waals surface area contributed by atoms with Gasteiger partial charge in [0.05, 0.1) is 15.7 Å². The van der Waals surface area contributed by atoms with Crippen LogP contribution in [0.15, 0.2) is 72.1 Å². The molecule has 0 unspecified atom stereocenters. The number of carbonyl (C=O) groups excluding carboxylic acids is 2. The molecule has 4 rings (SSSR count). The molecule has 0 spiro atoms. The first-order valence-electron chi connectivity index (χ1n) is 11.0. The van der Waals surface area contributed by atoms with Crippen LogP contribution in [0.2, 0.25) is 10.0 Å². The number of aromatic nitrogens is 2. The Morgan fingerprint density at radius 3 is 2.36 bits per heavy atom. The third kappa shape index (κ3) is 5.73. The number of rotatable bonds is 8. The second-order valence-corrected chi connectivity index (χ2v) is 9.28. The van der Waals surface area contributed by atoms with Crippen LogP contribution in [0.1, 0.15) is 40.1 Å². The first-order chi connectivity index (χ1) is 17.4. The lowest BCUT2D eigenvalue weighted by atomic mass is 10.00. The summed E-state index contributed by atoms with van der Waals surface area (Å²) < 4.78 is 17.1. The molecule has 6 nitrogen and oxygen atoms in total. The molecule has 10 heteroatoms. The minimum atomic E-state index is -1.11. The number of carbonyl (C=O) groups is 2. The van der Waals surface area contributed by atoms with Gasteiger partial charge >= 0.3 is 0 Å². The number of nitrogens with zero attached hydrogens (tertiary/aromatic N) is 3. The van der Waals surface area contributed by atoms with E-state index in [-0.39, 0.29) is 33.8 Å². The van der Waals surface area contributed by atoms with Gasteiger partial charge in [-0.15, -0.1) is 5.10 Å². The highest BCUT2D eigenvalue weighted by atomic mass is 35.5. The van der Waals surface area contributed by atoms with E-state index in [0.29, 0.717) is 11.1 Å². The first-order valence-corrected chi connectivity index (χ1v) is 12.6. The van der Waals surface area contributed by atoms with Crippen molar-refractivity contribution in [1.29, 1.82) is 0 Å². The van der Waals surface area contributed by atoms with Gasteiger partial charge in [-0.2, -0.15) is 0 Å². The molecule has 2 amide bonds. The van der Waals surface area contributed by atoms with Gasteiger partial charge in [0.25, 0.3) is 5.91 Å². The first kappa shape index (κ1) is 25.8. The minimum absolute atomic E-state index is 0.0672. The third-order valence-corrected chi connectivity index (χ3v) is 6.89. The van der Waals surface area contributed by atoms with Crippen LogP contribution in [0.3, 0.4) is 0 Å². The quantitative estimate of drug-likeness (QED) is 0.285. The zero-order valence-electron chi connectivity index (χ0n) is 19.1. The second kappa shape index (κ2) is 11.6. The monoisotopic (exact) mass is 542 g/mol. The normalized spacial score (nSPS) is 11.7. The van der Waals surface area contributed by atoms with Crippen molar-refractivity contribution in [3.8, 4) is 0 Å². The van der Waals surface area contributed by atoms with Crippen molar-refractivity contribution in [1.82, 2.24) is 14.9 Å². The standard InChI is InChI=1S/C26H21Cl2FN4O2S/c1-2-16-6-10-18(11-7-16)24(25(34)30-14-17-8-12-19(29)13-9-17)33(26(35)21-15-36-32-31-21)22-5-3-4-20(27)23(22)28/h3-13,15,24H,2,14H2,1H3,(H,30,34)/t24-/m1/s1. The van der Waals surface area contributed by atoms with Crippen LogP contribution < -0.4 is 10.2 Å². The molecule has 184 valence electrons. The summed E-state index contributed by atoms with van der Waals surface area (Å²) in [7, 11) is 0. The largest absolute Gasteiger partial charge is 0.350 e. The van der Waals surface area contributed by atoms with E-state index in [2.05, 4.69) is 14.9 Å². The molecule has 0 fully saturated rings. The summed E-state index contributed by atoms with van der Waals surface area (Å²) in [6.45, 7) is 2.16. The number of anilines is 1. The zero-order chi connectivity index (χ0) is 25.7. The summed E-state index contributed by atoms with van der Waals surface area (Å²) >= 11 is 13.8. The van der Waals surface area contributed by atoms with Crippen molar-refractivity contribution in [2.45, 2.75) is 25.9 Å². The Morgan fingerprint density at radius 1 is 1.03 bits per heavy atom. The molecular formula is C26H21Cl2FN4O2S. The highest BCUT2D eigenvalue weighted by molar-refractivity contribution is 7.03. The Kier molecular flexibility index (Phi) is 8.30. The van der Waals surface area contributed by atoms with Crippen LogP contribution >= 0.6 is 34.7 Å². The maximum atomic E-state index is 13.7. The molecule has 0 bridgehead atoms. The highest BCUT2D eigenvalue weighted by Gasteiger charge is 2.35. The van der Waals surface area contributed by atoms with Crippen molar-refractivity contribution < 1.29 is 14.0 Å². The summed E-state index contributed by atoms with van der Waals surface area (Å²) in [6, 6.07) is 17.0. The molecule has 0 radical (unpaired) electrons. The number of halogens is 3. The number of aryl methyl sites for hydroxylation is 1. The minimum Gasteiger partial charge on any atom is -0.350 e. The van der Waals surface area contributed by atoms with Crippen molar-refractivity contribution in [3.05, 3.63) is 110 Å². The van der Waals surface area contributed by atoms with Crippen LogP contribution in [0.25, 0.3) is 0 Å².